The van der Waals surface area contributed by atoms with Crippen molar-refractivity contribution in [3.8, 4) is 17.1 Å². The summed E-state index contributed by atoms with van der Waals surface area (Å²) in [5.41, 5.74) is 7.94. The Morgan fingerprint density at radius 3 is 2.37 bits per heavy atom. The van der Waals surface area contributed by atoms with Crippen molar-refractivity contribution in [1.82, 2.24) is 10.1 Å². The number of phenolic OH excluding ortho intramolecular Hbond substituents is 1. The largest absolute Gasteiger partial charge is 0.507 e. The zero-order valence-corrected chi connectivity index (χ0v) is 11.1. The molecule has 0 saturated heterocycles. The molecule has 2 atom stereocenters. The third kappa shape index (κ3) is 2.59. The number of aliphatic hydroxyl groups is 1. The first-order valence-electron chi connectivity index (χ1n) is 5.98. The summed E-state index contributed by atoms with van der Waals surface area (Å²) in [6, 6.07) is 2.83. The smallest absolute Gasteiger partial charge is 0.246 e. The zero-order chi connectivity index (χ0) is 14.2. The minimum absolute atomic E-state index is 0.188. The quantitative estimate of drug-likeness (QED) is 0.773. The highest BCUT2D eigenvalue weighted by atomic mass is 16.5. The summed E-state index contributed by atoms with van der Waals surface area (Å²) in [6.45, 7) is 5.16. The minimum Gasteiger partial charge on any atom is -0.507 e. The number of rotatable bonds is 3. The van der Waals surface area contributed by atoms with E-state index in [4.69, 9.17) is 10.3 Å². The van der Waals surface area contributed by atoms with E-state index in [1.54, 1.807) is 32.9 Å². The molecule has 6 heteroatoms. The Morgan fingerprint density at radius 2 is 1.84 bits per heavy atom. The molecule has 0 aliphatic rings. The van der Waals surface area contributed by atoms with Crippen LogP contribution in [-0.4, -0.2) is 26.5 Å². The molecule has 0 fully saturated rings. The maximum atomic E-state index is 9.73. The van der Waals surface area contributed by atoms with Gasteiger partial charge in [-0.15, -0.1) is 0 Å². The van der Waals surface area contributed by atoms with Crippen molar-refractivity contribution in [2.24, 2.45) is 5.73 Å². The van der Waals surface area contributed by atoms with E-state index in [1.165, 1.54) is 0 Å². The van der Waals surface area contributed by atoms with Gasteiger partial charge < -0.3 is 20.5 Å². The van der Waals surface area contributed by atoms with Gasteiger partial charge in [0.05, 0.1) is 6.10 Å². The summed E-state index contributed by atoms with van der Waals surface area (Å²) >= 11 is 0. The molecular weight excluding hydrogens is 246 g/mol. The number of phenols is 1. The fourth-order valence-corrected chi connectivity index (χ4v) is 1.78. The monoisotopic (exact) mass is 263 g/mol. The summed E-state index contributed by atoms with van der Waals surface area (Å²) in [6.07, 6.45) is -0.767. The third-order valence-corrected chi connectivity index (χ3v) is 3.00. The van der Waals surface area contributed by atoms with E-state index in [9.17, 15) is 10.2 Å². The second kappa shape index (κ2) is 4.99. The molecule has 1 aromatic carbocycles. The van der Waals surface area contributed by atoms with Gasteiger partial charge in [-0.1, -0.05) is 5.16 Å². The number of aryl methyl sites for hydroxylation is 2. The van der Waals surface area contributed by atoms with Crippen molar-refractivity contribution < 1.29 is 14.7 Å². The molecule has 0 saturated carbocycles. The summed E-state index contributed by atoms with van der Waals surface area (Å²) in [5.74, 6) is 0.832. The Labute approximate surface area is 110 Å². The van der Waals surface area contributed by atoms with E-state index in [2.05, 4.69) is 10.1 Å². The van der Waals surface area contributed by atoms with E-state index in [0.717, 1.165) is 16.7 Å². The van der Waals surface area contributed by atoms with Gasteiger partial charge in [-0.05, 0) is 44.0 Å². The van der Waals surface area contributed by atoms with Crippen LogP contribution in [0.5, 0.6) is 5.75 Å². The topological polar surface area (TPSA) is 105 Å². The van der Waals surface area contributed by atoms with Crippen LogP contribution in [0.2, 0.25) is 0 Å². The van der Waals surface area contributed by atoms with Gasteiger partial charge in [0.15, 0.2) is 0 Å². The molecule has 1 aromatic heterocycles. The molecule has 2 aromatic rings. The fourth-order valence-electron chi connectivity index (χ4n) is 1.78. The van der Waals surface area contributed by atoms with Gasteiger partial charge in [-0.2, -0.15) is 4.98 Å². The van der Waals surface area contributed by atoms with Gasteiger partial charge >= 0.3 is 0 Å². The van der Waals surface area contributed by atoms with Gasteiger partial charge in [-0.25, -0.2) is 0 Å². The highest BCUT2D eigenvalue weighted by molar-refractivity contribution is 5.60. The highest BCUT2D eigenvalue weighted by Gasteiger charge is 2.20. The molecule has 0 bridgehead atoms. The summed E-state index contributed by atoms with van der Waals surface area (Å²) in [7, 11) is 0. The van der Waals surface area contributed by atoms with E-state index < -0.39 is 12.1 Å². The number of aromatic nitrogens is 2. The summed E-state index contributed by atoms with van der Waals surface area (Å²) < 4.78 is 5.04. The molecule has 4 N–H and O–H groups in total. The number of hydrogen-bond donors (Lipinski definition) is 3. The molecule has 6 nitrogen and oxygen atoms in total. The van der Waals surface area contributed by atoms with Gasteiger partial charge in [0, 0.05) is 5.56 Å². The van der Waals surface area contributed by atoms with Crippen LogP contribution < -0.4 is 5.73 Å². The predicted molar refractivity (Wildman–Crippen MR) is 69.5 cm³/mol. The lowest BCUT2D eigenvalue weighted by molar-refractivity contribution is 0.146. The number of aromatic hydroxyl groups is 1. The van der Waals surface area contributed by atoms with Gasteiger partial charge in [-0.3, -0.25) is 0 Å². The fraction of sp³-hybridized carbons (Fsp3) is 0.385. The first-order chi connectivity index (χ1) is 8.90. The Hall–Kier alpha value is -1.92. The van der Waals surface area contributed by atoms with Crippen molar-refractivity contribution >= 4 is 0 Å². The average Bonchev–Trinajstić information content (AvgIpc) is 2.83. The average molecular weight is 263 g/mol. The Kier molecular flexibility index (Phi) is 3.55. The van der Waals surface area contributed by atoms with E-state index >= 15 is 0 Å². The Balaban J connectivity index is 2.38. The van der Waals surface area contributed by atoms with Crippen molar-refractivity contribution in [1.29, 1.82) is 0 Å². The van der Waals surface area contributed by atoms with Crippen LogP contribution in [0.1, 0.15) is 30.0 Å². The molecule has 1 heterocycles. The number of aliphatic hydroxyl groups excluding tert-OH is 1. The van der Waals surface area contributed by atoms with Crippen LogP contribution in [0.4, 0.5) is 0 Å². The van der Waals surface area contributed by atoms with E-state index in [0.29, 0.717) is 5.82 Å². The molecule has 0 aliphatic heterocycles. The number of nitrogens with zero attached hydrogens (tertiary/aromatic N) is 2. The molecular formula is C13H17N3O3. The van der Waals surface area contributed by atoms with Gasteiger partial charge in [0.1, 0.15) is 11.8 Å². The Bertz CT molecular complexity index is 570. The van der Waals surface area contributed by atoms with Crippen LogP contribution in [0.3, 0.4) is 0 Å². The molecule has 0 spiro atoms. The molecule has 0 amide bonds. The van der Waals surface area contributed by atoms with Crippen molar-refractivity contribution in [2.45, 2.75) is 32.9 Å². The lowest BCUT2D eigenvalue weighted by Gasteiger charge is -2.08. The van der Waals surface area contributed by atoms with Crippen LogP contribution >= 0.6 is 0 Å². The molecule has 2 unspecified atom stereocenters. The van der Waals surface area contributed by atoms with Crippen LogP contribution in [0.25, 0.3) is 11.4 Å². The molecule has 102 valence electrons. The number of hydrogen-bond acceptors (Lipinski definition) is 6. The lowest BCUT2D eigenvalue weighted by atomic mass is 10.1. The summed E-state index contributed by atoms with van der Waals surface area (Å²) in [5, 5.41) is 23.0. The first kappa shape index (κ1) is 13.5. The van der Waals surface area contributed by atoms with Crippen LogP contribution in [0, 0.1) is 13.8 Å². The van der Waals surface area contributed by atoms with Crippen LogP contribution in [0.15, 0.2) is 16.7 Å². The highest BCUT2D eigenvalue weighted by Crippen LogP contribution is 2.28. The summed E-state index contributed by atoms with van der Waals surface area (Å²) in [4.78, 5) is 4.17. The maximum absolute atomic E-state index is 9.73. The second-order valence-corrected chi connectivity index (χ2v) is 4.68. The third-order valence-electron chi connectivity index (χ3n) is 3.00. The Morgan fingerprint density at radius 1 is 1.26 bits per heavy atom. The standard InChI is InChI=1S/C13H17N3O3/c1-6-4-9(5-7(2)11(6)18)12-15-13(19-16-12)10(14)8(3)17/h4-5,8,10,17-18H,14H2,1-3H3. The maximum Gasteiger partial charge on any atom is 0.246 e. The molecule has 2 rings (SSSR count). The molecule has 19 heavy (non-hydrogen) atoms. The molecule has 0 radical (unpaired) electrons. The van der Waals surface area contributed by atoms with E-state index in [1.807, 2.05) is 0 Å². The van der Waals surface area contributed by atoms with Crippen molar-refractivity contribution in [2.75, 3.05) is 0 Å². The van der Waals surface area contributed by atoms with Crippen molar-refractivity contribution in [3.05, 3.63) is 29.2 Å². The first-order valence-corrected chi connectivity index (χ1v) is 5.98. The van der Waals surface area contributed by atoms with Crippen LogP contribution in [-0.2, 0) is 0 Å². The number of nitrogens with two attached hydrogens (primary N) is 1. The SMILES string of the molecule is Cc1cc(-c2noc(C(N)C(C)O)n2)cc(C)c1O. The second-order valence-electron chi connectivity index (χ2n) is 4.68. The van der Waals surface area contributed by atoms with Gasteiger partial charge in [0.25, 0.3) is 0 Å². The number of benzene rings is 1. The van der Waals surface area contributed by atoms with Gasteiger partial charge in [0.2, 0.25) is 11.7 Å². The minimum atomic E-state index is -0.767. The van der Waals surface area contributed by atoms with E-state index in [-0.39, 0.29) is 11.6 Å². The van der Waals surface area contributed by atoms with Crippen molar-refractivity contribution in [3.63, 3.8) is 0 Å². The predicted octanol–water partition coefficient (Wildman–Crippen LogP) is 1.44. The lowest BCUT2D eigenvalue weighted by Crippen LogP contribution is -2.23. The normalized spacial score (nSPS) is 14.4. The zero-order valence-electron chi connectivity index (χ0n) is 11.1. The molecule has 0 aliphatic carbocycles.